The SMILES string of the molecule is CCOC(=O)Cc1nnc(SCc2cc(Cl)cc3c2OCOC3)n1C. The van der Waals surface area contributed by atoms with Gasteiger partial charge in [0.15, 0.2) is 11.9 Å². The molecule has 0 spiro atoms. The summed E-state index contributed by atoms with van der Waals surface area (Å²) in [5.41, 5.74) is 1.92. The fourth-order valence-corrected chi connectivity index (χ4v) is 3.63. The highest BCUT2D eigenvalue weighted by atomic mass is 35.5. The molecule has 0 saturated heterocycles. The van der Waals surface area contributed by atoms with Crippen LogP contribution >= 0.6 is 23.4 Å². The lowest BCUT2D eigenvalue weighted by Gasteiger charge is -2.20. The van der Waals surface area contributed by atoms with Gasteiger partial charge in [-0.05, 0) is 19.1 Å². The molecule has 134 valence electrons. The third kappa shape index (κ3) is 4.26. The van der Waals surface area contributed by atoms with Crippen molar-refractivity contribution in [2.45, 2.75) is 30.9 Å². The van der Waals surface area contributed by atoms with E-state index < -0.39 is 0 Å². The minimum Gasteiger partial charge on any atom is -0.467 e. The van der Waals surface area contributed by atoms with Gasteiger partial charge in [-0.3, -0.25) is 4.79 Å². The maximum atomic E-state index is 11.6. The molecule has 0 N–H and O–H groups in total. The van der Waals surface area contributed by atoms with E-state index in [1.54, 1.807) is 11.5 Å². The second-order valence-electron chi connectivity index (χ2n) is 5.39. The van der Waals surface area contributed by atoms with Crippen LogP contribution in [0.5, 0.6) is 5.75 Å². The molecule has 7 nitrogen and oxygen atoms in total. The van der Waals surface area contributed by atoms with Crippen LogP contribution in [-0.2, 0) is 40.1 Å². The molecule has 1 aliphatic heterocycles. The van der Waals surface area contributed by atoms with Crippen LogP contribution in [0.1, 0.15) is 23.9 Å². The Hall–Kier alpha value is -1.77. The number of hydrogen-bond acceptors (Lipinski definition) is 7. The Morgan fingerprint density at radius 3 is 3.08 bits per heavy atom. The number of nitrogens with zero attached hydrogens (tertiary/aromatic N) is 3. The number of esters is 1. The monoisotopic (exact) mass is 383 g/mol. The average Bonchev–Trinajstić information content (AvgIpc) is 2.93. The van der Waals surface area contributed by atoms with Crippen LogP contribution in [0, 0.1) is 0 Å². The summed E-state index contributed by atoms with van der Waals surface area (Å²) in [6.07, 6.45) is 0.102. The zero-order valence-corrected chi connectivity index (χ0v) is 15.5. The summed E-state index contributed by atoms with van der Waals surface area (Å²) in [5.74, 6) is 1.69. The van der Waals surface area contributed by atoms with E-state index in [0.29, 0.717) is 35.0 Å². The zero-order chi connectivity index (χ0) is 17.8. The molecular formula is C16H18ClN3O4S. The van der Waals surface area contributed by atoms with Crippen LogP contribution in [-0.4, -0.2) is 34.1 Å². The molecule has 9 heteroatoms. The fourth-order valence-electron chi connectivity index (χ4n) is 2.47. The van der Waals surface area contributed by atoms with E-state index in [2.05, 4.69) is 10.2 Å². The number of rotatable bonds is 6. The highest BCUT2D eigenvalue weighted by molar-refractivity contribution is 7.98. The summed E-state index contributed by atoms with van der Waals surface area (Å²) < 4.78 is 17.6. The van der Waals surface area contributed by atoms with Gasteiger partial charge < -0.3 is 18.8 Å². The van der Waals surface area contributed by atoms with Crippen LogP contribution in [0.4, 0.5) is 0 Å². The summed E-state index contributed by atoms with van der Waals surface area (Å²) in [6.45, 7) is 2.84. The molecule has 1 aromatic heterocycles. The number of fused-ring (bicyclic) bond motifs is 1. The summed E-state index contributed by atoms with van der Waals surface area (Å²) >= 11 is 7.68. The van der Waals surface area contributed by atoms with E-state index in [4.69, 9.17) is 25.8 Å². The number of hydrogen-bond donors (Lipinski definition) is 0. The van der Waals surface area contributed by atoms with Gasteiger partial charge in [-0.15, -0.1) is 10.2 Å². The van der Waals surface area contributed by atoms with Crippen LogP contribution < -0.4 is 4.74 Å². The first-order valence-corrected chi connectivity index (χ1v) is 9.13. The Bertz CT molecular complexity index is 781. The minimum atomic E-state index is -0.313. The largest absolute Gasteiger partial charge is 0.467 e. The molecule has 0 fully saturated rings. The molecule has 25 heavy (non-hydrogen) atoms. The van der Waals surface area contributed by atoms with Gasteiger partial charge in [0.25, 0.3) is 0 Å². The van der Waals surface area contributed by atoms with E-state index in [1.165, 1.54) is 11.8 Å². The molecule has 0 saturated carbocycles. The third-order valence-corrected chi connectivity index (χ3v) is 4.93. The van der Waals surface area contributed by atoms with Crippen LogP contribution in [0.2, 0.25) is 5.02 Å². The van der Waals surface area contributed by atoms with Crippen molar-refractivity contribution >= 4 is 29.3 Å². The van der Waals surface area contributed by atoms with Crippen molar-refractivity contribution in [3.05, 3.63) is 34.1 Å². The molecule has 0 atom stereocenters. The van der Waals surface area contributed by atoms with Crippen molar-refractivity contribution in [2.24, 2.45) is 7.05 Å². The number of halogens is 1. The Morgan fingerprint density at radius 2 is 2.28 bits per heavy atom. The number of carbonyl (C=O) groups excluding carboxylic acids is 1. The third-order valence-electron chi connectivity index (χ3n) is 3.64. The minimum absolute atomic E-state index is 0.102. The number of ether oxygens (including phenoxy) is 3. The fraction of sp³-hybridized carbons (Fsp3) is 0.438. The van der Waals surface area contributed by atoms with Crippen molar-refractivity contribution in [3.8, 4) is 5.75 Å². The number of carbonyl (C=O) groups is 1. The van der Waals surface area contributed by atoms with Crippen molar-refractivity contribution in [1.82, 2.24) is 14.8 Å². The van der Waals surface area contributed by atoms with Gasteiger partial charge in [0.2, 0.25) is 0 Å². The smallest absolute Gasteiger partial charge is 0.313 e. The zero-order valence-electron chi connectivity index (χ0n) is 14.0. The van der Waals surface area contributed by atoms with E-state index in [9.17, 15) is 4.79 Å². The average molecular weight is 384 g/mol. The number of thioether (sulfide) groups is 1. The molecule has 1 aliphatic rings. The highest BCUT2D eigenvalue weighted by Crippen LogP contribution is 2.35. The van der Waals surface area contributed by atoms with Gasteiger partial charge in [0, 0.05) is 29.0 Å². The predicted octanol–water partition coefficient (Wildman–Crippen LogP) is 2.73. The quantitative estimate of drug-likeness (QED) is 0.560. The second-order valence-corrected chi connectivity index (χ2v) is 6.77. The van der Waals surface area contributed by atoms with Crippen molar-refractivity contribution in [2.75, 3.05) is 13.4 Å². The molecule has 2 aromatic rings. The Labute approximate surface area is 154 Å². The molecule has 3 rings (SSSR count). The summed E-state index contributed by atoms with van der Waals surface area (Å²) in [4.78, 5) is 11.6. The maximum absolute atomic E-state index is 11.6. The van der Waals surface area contributed by atoms with Gasteiger partial charge in [0.05, 0.1) is 13.2 Å². The van der Waals surface area contributed by atoms with Gasteiger partial charge >= 0.3 is 5.97 Å². The van der Waals surface area contributed by atoms with Gasteiger partial charge in [0.1, 0.15) is 18.0 Å². The lowest BCUT2D eigenvalue weighted by molar-refractivity contribution is -0.142. The first kappa shape index (κ1) is 18.0. The molecule has 0 aliphatic carbocycles. The lowest BCUT2D eigenvalue weighted by Crippen LogP contribution is -2.13. The first-order chi connectivity index (χ1) is 12.1. The summed E-state index contributed by atoms with van der Waals surface area (Å²) in [6, 6.07) is 3.73. The standard InChI is InChI=1S/C16H18ClN3O4S/c1-3-23-14(21)6-13-18-19-16(20(13)2)25-8-11-5-12(17)4-10-7-22-9-24-15(10)11/h4-5H,3,6-9H2,1-2H3. The van der Waals surface area contributed by atoms with Crippen LogP contribution in [0.15, 0.2) is 17.3 Å². The maximum Gasteiger partial charge on any atom is 0.313 e. The molecular weight excluding hydrogens is 366 g/mol. The van der Waals surface area contributed by atoms with Crippen molar-refractivity contribution in [3.63, 3.8) is 0 Å². The topological polar surface area (TPSA) is 75.5 Å². The Balaban J connectivity index is 1.71. The van der Waals surface area contributed by atoms with Crippen molar-refractivity contribution < 1.29 is 19.0 Å². The molecule has 0 amide bonds. The summed E-state index contributed by atoms with van der Waals surface area (Å²) in [5, 5.41) is 9.57. The van der Waals surface area contributed by atoms with Crippen molar-refractivity contribution in [1.29, 1.82) is 0 Å². The normalized spacial score (nSPS) is 13.2. The van der Waals surface area contributed by atoms with E-state index >= 15 is 0 Å². The van der Waals surface area contributed by atoms with Gasteiger partial charge in [-0.2, -0.15) is 0 Å². The Kier molecular flexibility index (Phi) is 5.82. The first-order valence-electron chi connectivity index (χ1n) is 7.77. The Morgan fingerprint density at radius 1 is 1.44 bits per heavy atom. The summed E-state index contributed by atoms with van der Waals surface area (Å²) in [7, 11) is 1.83. The molecule has 0 bridgehead atoms. The molecule has 0 unspecified atom stereocenters. The van der Waals surface area contributed by atoms with E-state index in [1.807, 2.05) is 19.2 Å². The molecule has 0 radical (unpaired) electrons. The second kappa shape index (κ2) is 8.07. The number of benzene rings is 1. The lowest BCUT2D eigenvalue weighted by atomic mass is 10.1. The molecule has 2 heterocycles. The van der Waals surface area contributed by atoms with Crippen LogP contribution in [0.3, 0.4) is 0 Å². The van der Waals surface area contributed by atoms with Gasteiger partial charge in [-0.1, -0.05) is 23.4 Å². The molecule has 1 aromatic carbocycles. The predicted molar refractivity (Wildman–Crippen MR) is 92.6 cm³/mol. The highest BCUT2D eigenvalue weighted by Gasteiger charge is 2.18. The van der Waals surface area contributed by atoms with Gasteiger partial charge in [-0.25, -0.2) is 0 Å². The van der Waals surface area contributed by atoms with Crippen LogP contribution in [0.25, 0.3) is 0 Å². The van der Waals surface area contributed by atoms with E-state index in [0.717, 1.165) is 16.9 Å². The van der Waals surface area contributed by atoms with E-state index in [-0.39, 0.29) is 19.2 Å². The number of aromatic nitrogens is 3.